The summed E-state index contributed by atoms with van der Waals surface area (Å²) in [6, 6.07) is 12.6. The zero-order chi connectivity index (χ0) is 34.1. The van der Waals surface area contributed by atoms with Gasteiger partial charge in [-0.2, -0.15) is 0 Å². The van der Waals surface area contributed by atoms with E-state index in [1.807, 2.05) is 24.3 Å². The van der Waals surface area contributed by atoms with E-state index in [2.05, 4.69) is 192 Å². The number of hydrogen-bond donors (Lipinski definition) is 0. The number of halogens is 4. The molecule has 0 radical (unpaired) electrons. The minimum atomic E-state index is 0.101. The van der Waals surface area contributed by atoms with Crippen LogP contribution in [-0.4, -0.2) is 0 Å². The van der Waals surface area contributed by atoms with Crippen LogP contribution in [0.3, 0.4) is 0 Å². The van der Waals surface area contributed by atoms with Crippen molar-refractivity contribution in [2.75, 3.05) is 0 Å². The molecule has 0 bridgehead atoms. The van der Waals surface area contributed by atoms with Crippen LogP contribution < -0.4 is 20.9 Å². The molecule has 3 aromatic rings. The second-order valence-electron chi connectivity index (χ2n) is 13.8. The first-order valence-electron chi connectivity index (χ1n) is 15.1. The molecular weight excluding hydrogens is 824 g/mol. The van der Waals surface area contributed by atoms with Crippen LogP contribution in [0.25, 0.3) is 23.3 Å². The summed E-state index contributed by atoms with van der Waals surface area (Å²) < 4.78 is 3.69. The molecule has 1 aliphatic carbocycles. The van der Waals surface area contributed by atoms with E-state index in [0.717, 1.165) is 49.9 Å². The van der Waals surface area contributed by atoms with Gasteiger partial charge < -0.3 is 0 Å². The zero-order valence-electron chi connectivity index (χ0n) is 28.1. The topological polar surface area (TPSA) is 0 Å². The molecule has 4 rings (SSSR count). The van der Waals surface area contributed by atoms with Crippen molar-refractivity contribution in [3.63, 3.8) is 0 Å². The lowest BCUT2D eigenvalue weighted by molar-refractivity contribution is 0.514. The molecule has 0 N–H and O–H groups in total. The number of allylic oxidation sites excluding steroid dienone is 5. The van der Waals surface area contributed by atoms with Crippen LogP contribution >= 0.6 is 63.7 Å². The van der Waals surface area contributed by atoms with Crippen molar-refractivity contribution in [3.05, 3.63) is 144 Å². The molecule has 0 spiro atoms. The Hall–Kier alpha value is -2.43. The molecule has 1 aliphatic rings. The largest absolute Gasteiger partial charge is 0.153 e. The predicted molar refractivity (Wildman–Crippen MR) is 210 cm³/mol. The number of hydrogen-bond acceptors (Lipinski definition) is 0. The lowest BCUT2D eigenvalue weighted by Crippen LogP contribution is -2.15. The maximum Gasteiger partial charge on any atom is 0.153 e. The van der Waals surface area contributed by atoms with Crippen LogP contribution in [-0.2, 0) is 5.41 Å². The molecule has 4 heteroatoms. The summed E-state index contributed by atoms with van der Waals surface area (Å²) in [5.41, 5.74) is 24.8. The van der Waals surface area contributed by atoms with Gasteiger partial charge in [-0.1, -0.05) is 81.1 Å². The molecule has 0 fully saturated rings. The van der Waals surface area contributed by atoms with Crippen molar-refractivity contribution < 1.29 is 0 Å². The Morgan fingerprint density at radius 1 is 0.674 bits per heavy atom. The van der Waals surface area contributed by atoms with Gasteiger partial charge in [-0.3, -0.25) is 0 Å². The summed E-state index contributed by atoms with van der Waals surface area (Å²) in [5.74, 6) is 1.21. The lowest BCUT2D eigenvalue weighted by Gasteiger charge is -2.24. The summed E-state index contributed by atoms with van der Waals surface area (Å²) in [7, 11) is 0. The molecule has 46 heavy (non-hydrogen) atoms. The molecule has 0 atom stereocenters. The maximum atomic E-state index is 3.75. The Morgan fingerprint density at radius 2 is 1.15 bits per heavy atom. The first-order valence-corrected chi connectivity index (χ1v) is 18.3. The summed E-state index contributed by atoms with van der Waals surface area (Å²) in [5, 5.41) is 3.65. The highest BCUT2D eigenvalue weighted by Gasteiger charge is 2.29. The van der Waals surface area contributed by atoms with Crippen molar-refractivity contribution in [2.24, 2.45) is 5.41 Å². The van der Waals surface area contributed by atoms with E-state index in [0.29, 0.717) is 0 Å². The van der Waals surface area contributed by atoms with Gasteiger partial charge in [-0.25, -0.2) is 0 Å². The average molecular weight is 862 g/mol. The van der Waals surface area contributed by atoms with Crippen LogP contribution in [0.5, 0.6) is 0 Å². The van der Waals surface area contributed by atoms with E-state index in [-0.39, 0.29) is 10.8 Å². The third-order valence-corrected chi connectivity index (χ3v) is 10.4. The van der Waals surface area contributed by atoms with Gasteiger partial charge in [-0.15, -0.1) is 54.6 Å². The lowest BCUT2D eigenvalue weighted by atomic mass is 9.77. The fraction of sp³-hybridized carbons (Fsp3) is 0.286. The number of benzene rings is 3. The Kier molecular flexibility index (Phi) is 11.4. The van der Waals surface area contributed by atoms with Gasteiger partial charge in [0.1, 0.15) is 0 Å². The van der Waals surface area contributed by atoms with E-state index in [1.165, 1.54) is 33.8 Å². The summed E-state index contributed by atoms with van der Waals surface area (Å²) >= 11 is 15.0. The van der Waals surface area contributed by atoms with Crippen molar-refractivity contribution in [1.82, 2.24) is 0 Å². The second-order valence-corrected chi connectivity index (χ2v) is 17.3. The molecular formula is C42H38Br4. The third kappa shape index (κ3) is 8.72. The average Bonchev–Trinajstić information content (AvgIpc) is 2.92. The zero-order valence-corrected chi connectivity index (χ0v) is 34.5. The van der Waals surface area contributed by atoms with E-state index in [9.17, 15) is 0 Å². The molecule has 3 aromatic carbocycles. The molecule has 0 amide bonds. The second kappa shape index (κ2) is 14.4. The van der Waals surface area contributed by atoms with Gasteiger partial charge in [0.25, 0.3) is 0 Å². The van der Waals surface area contributed by atoms with E-state index in [4.69, 9.17) is 0 Å². The van der Waals surface area contributed by atoms with Crippen LogP contribution in [0, 0.1) is 25.2 Å². The van der Waals surface area contributed by atoms with Crippen LogP contribution in [0.2, 0.25) is 0 Å². The van der Waals surface area contributed by atoms with Crippen molar-refractivity contribution in [1.29, 1.82) is 0 Å². The molecule has 0 aliphatic heterocycles. The maximum absolute atomic E-state index is 3.75. The van der Waals surface area contributed by atoms with Crippen LogP contribution in [0.15, 0.2) is 94.6 Å². The Balaban J connectivity index is 1.79. The SMILES string of the molecule is CC1=CC(C(C)(C)C)=C[C+](C)C1=C=c1c(Br)cc(=C=C=C=C=c2cc(Br)c(=[C-]c3c(C)cc(C(C)(C)C)cc3C)c(Br)c2)cc1Br. The summed E-state index contributed by atoms with van der Waals surface area (Å²) in [6.45, 7) is 22.1. The van der Waals surface area contributed by atoms with E-state index < -0.39 is 0 Å². The fourth-order valence-electron chi connectivity index (χ4n) is 5.17. The smallest absolute Gasteiger partial charge is 0.117 e. The highest BCUT2D eigenvalue weighted by molar-refractivity contribution is 9.11. The minimum absolute atomic E-state index is 0.101. The van der Waals surface area contributed by atoms with Gasteiger partial charge in [0.15, 0.2) is 5.57 Å². The van der Waals surface area contributed by atoms with Gasteiger partial charge >= 0.3 is 0 Å². The quantitative estimate of drug-likeness (QED) is 0.169. The van der Waals surface area contributed by atoms with E-state index in [1.54, 1.807) is 0 Å². The van der Waals surface area contributed by atoms with Crippen molar-refractivity contribution in [3.8, 4) is 0 Å². The Bertz CT molecular complexity index is 2140. The molecule has 0 saturated carbocycles. The molecule has 0 aromatic heterocycles. The predicted octanol–water partition coefficient (Wildman–Crippen LogP) is 10.5. The molecule has 0 nitrogen and oxygen atoms in total. The van der Waals surface area contributed by atoms with Crippen molar-refractivity contribution >= 4 is 87.0 Å². The fourth-order valence-corrected chi connectivity index (χ4v) is 7.94. The standard InChI is InChI=1S/C42H38Br4/c1-25-15-31(41(5,6)7)16-26(2)33(25)23-35-37(43)19-29(20-38(35)44)13-11-12-14-30-21-39(45)36(40(46)22-30)24-34-27(3)17-32(18-28(34)4)42(8,9)10/h15-22H,1-10H3. The highest BCUT2D eigenvalue weighted by Crippen LogP contribution is 2.37. The van der Waals surface area contributed by atoms with Gasteiger partial charge in [0.05, 0.1) is 16.7 Å². The first kappa shape index (κ1) is 36.4. The molecule has 234 valence electrons. The van der Waals surface area contributed by atoms with Gasteiger partial charge in [-0.05, 0) is 104 Å². The third-order valence-electron chi connectivity index (χ3n) is 7.86. The molecule has 0 heterocycles. The Morgan fingerprint density at radius 3 is 1.59 bits per heavy atom. The summed E-state index contributed by atoms with van der Waals surface area (Å²) in [4.78, 5) is 0. The first-order chi connectivity index (χ1) is 21.3. The van der Waals surface area contributed by atoms with Gasteiger partial charge in [0.2, 0.25) is 0 Å². The molecule has 0 unspecified atom stereocenters. The van der Waals surface area contributed by atoms with E-state index >= 15 is 0 Å². The van der Waals surface area contributed by atoms with Gasteiger partial charge in [0, 0.05) is 48.3 Å². The number of rotatable bonds is 1. The highest BCUT2D eigenvalue weighted by atomic mass is 79.9. The normalized spacial score (nSPS) is 13.2. The minimum Gasteiger partial charge on any atom is -0.117 e. The monoisotopic (exact) mass is 858 g/mol. The Labute approximate surface area is 308 Å². The summed E-state index contributed by atoms with van der Waals surface area (Å²) in [6.07, 6.45) is 8.17. The van der Waals surface area contributed by atoms with Crippen LogP contribution in [0.4, 0.5) is 0 Å². The van der Waals surface area contributed by atoms with Crippen LogP contribution in [0.1, 0.15) is 77.6 Å². The number of aryl methyl sites for hydroxylation is 2. The van der Waals surface area contributed by atoms with Crippen molar-refractivity contribution in [2.45, 2.75) is 74.7 Å². The molecule has 0 saturated heterocycles.